The van der Waals surface area contributed by atoms with E-state index in [4.69, 9.17) is 17.3 Å². The van der Waals surface area contributed by atoms with E-state index in [1.165, 1.54) is 5.56 Å². The first-order valence-corrected chi connectivity index (χ1v) is 7.69. The zero-order chi connectivity index (χ0) is 13.1. The summed E-state index contributed by atoms with van der Waals surface area (Å²) in [6.07, 6.45) is 2.25. The number of nitrogens with zero attached hydrogens (tertiary/aromatic N) is 1. The Bertz CT molecular complexity index is 411. The molecule has 4 heteroatoms. The molecule has 1 aromatic rings. The standard InChI is InChI=1S/C14H20BrClN2/c1-2-10-8-18(6-5-14(10)17)9-11-3-4-12(15)7-13(11)16/h3-4,7,10,14H,2,5-6,8-9,17H2,1H3. The molecule has 0 amide bonds. The van der Waals surface area contributed by atoms with E-state index in [1.54, 1.807) is 0 Å². The van der Waals surface area contributed by atoms with Gasteiger partial charge in [-0.15, -0.1) is 0 Å². The third-order valence-corrected chi connectivity index (χ3v) is 4.66. The van der Waals surface area contributed by atoms with Crippen LogP contribution in [-0.4, -0.2) is 24.0 Å². The monoisotopic (exact) mass is 330 g/mol. The summed E-state index contributed by atoms with van der Waals surface area (Å²) < 4.78 is 1.03. The average molecular weight is 332 g/mol. The molecule has 0 bridgehead atoms. The van der Waals surface area contributed by atoms with Crippen molar-refractivity contribution >= 4 is 27.5 Å². The van der Waals surface area contributed by atoms with E-state index in [0.717, 1.165) is 42.0 Å². The van der Waals surface area contributed by atoms with Gasteiger partial charge < -0.3 is 5.73 Å². The van der Waals surface area contributed by atoms with E-state index in [0.29, 0.717) is 12.0 Å². The van der Waals surface area contributed by atoms with Crippen LogP contribution in [0.5, 0.6) is 0 Å². The second kappa shape index (κ2) is 6.38. The van der Waals surface area contributed by atoms with Crippen LogP contribution in [0, 0.1) is 5.92 Å². The van der Waals surface area contributed by atoms with Gasteiger partial charge in [-0.3, -0.25) is 4.90 Å². The molecule has 0 spiro atoms. The molecule has 100 valence electrons. The van der Waals surface area contributed by atoms with Crippen LogP contribution in [0.4, 0.5) is 0 Å². The summed E-state index contributed by atoms with van der Waals surface area (Å²) in [5.41, 5.74) is 7.34. The molecule has 0 aromatic heterocycles. The summed E-state index contributed by atoms with van der Waals surface area (Å²) in [5, 5.41) is 0.840. The highest BCUT2D eigenvalue weighted by molar-refractivity contribution is 9.10. The number of halogens is 2. The molecule has 2 unspecified atom stereocenters. The Balaban J connectivity index is 2.01. The summed E-state index contributed by atoms with van der Waals surface area (Å²) >= 11 is 9.70. The maximum absolute atomic E-state index is 6.27. The first-order valence-electron chi connectivity index (χ1n) is 6.52. The smallest absolute Gasteiger partial charge is 0.0462 e. The fraction of sp³-hybridized carbons (Fsp3) is 0.571. The van der Waals surface area contributed by atoms with Crippen molar-refractivity contribution in [3.05, 3.63) is 33.3 Å². The second-order valence-corrected chi connectivity index (χ2v) is 6.41. The number of piperidine rings is 1. The van der Waals surface area contributed by atoms with E-state index in [-0.39, 0.29) is 0 Å². The molecule has 1 aromatic carbocycles. The van der Waals surface area contributed by atoms with Crippen LogP contribution in [0.3, 0.4) is 0 Å². The summed E-state index contributed by atoms with van der Waals surface area (Å²) in [6.45, 7) is 5.31. The van der Waals surface area contributed by atoms with Gasteiger partial charge in [0.25, 0.3) is 0 Å². The number of hydrogen-bond acceptors (Lipinski definition) is 2. The van der Waals surface area contributed by atoms with Crippen molar-refractivity contribution in [2.75, 3.05) is 13.1 Å². The molecule has 2 atom stereocenters. The van der Waals surface area contributed by atoms with E-state index in [9.17, 15) is 0 Å². The van der Waals surface area contributed by atoms with Gasteiger partial charge >= 0.3 is 0 Å². The van der Waals surface area contributed by atoms with Crippen molar-refractivity contribution in [2.24, 2.45) is 11.7 Å². The van der Waals surface area contributed by atoms with Crippen molar-refractivity contribution in [3.63, 3.8) is 0 Å². The van der Waals surface area contributed by atoms with E-state index >= 15 is 0 Å². The van der Waals surface area contributed by atoms with Crippen LogP contribution in [0.2, 0.25) is 5.02 Å². The Labute approximate surface area is 123 Å². The summed E-state index contributed by atoms with van der Waals surface area (Å²) in [4.78, 5) is 2.46. The zero-order valence-electron chi connectivity index (χ0n) is 10.7. The second-order valence-electron chi connectivity index (χ2n) is 5.09. The maximum Gasteiger partial charge on any atom is 0.0462 e. The van der Waals surface area contributed by atoms with Gasteiger partial charge in [0.05, 0.1) is 0 Å². The molecule has 1 heterocycles. The minimum Gasteiger partial charge on any atom is -0.327 e. The zero-order valence-corrected chi connectivity index (χ0v) is 13.0. The molecule has 2 N–H and O–H groups in total. The normalized spacial score (nSPS) is 25.3. The van der Waals surface area contributed by atoms with Gasteiger partial charge in [0.15, 0.2) is 0 Å². The molecule has 0 saturated carbocycles. The summed E-state index contributed by atoms with van der Waals surface area (Å²) in [7, 11) is 0. The molecule has 1 aliphatic rings. The summed E-state index contributed by atoms with van der Waals surface area (Å²) in [6, 6.07) is 6.48. The molecule has 1 aliphatic heterocycles. The predicted octanol–water partition coefficient (Wildman–Crippen LogP) is 3.66. The fourth-order valence-electron chi connectivity index (χ4n) is 2.59. The van der Waals surface area contributed by atoms with Crippen molar-refractivity contribution in [2.45, 2.75) is 32.4 Å². The molecule has 18 heavy (non-hydrogen) atoms. The molecule has 2 rings (SSSR count). The van der Waals surface area contributed by atoms with E-state index < -0.39 is 0 Å². The molecule has 0 radical (unpaired) electrons. The van der Waals surface area contributed by atoms with Crippen LogP contribution in [-0.2, 0) is 6.54 Å². The van der Waals surface area contributed by atoms with Crippen LogP contribution in [0.1, 0.15) is 25.3 Å². The molecule has 2 nitrogen and oxygen atoms in total. The highest BCUT2D eigenvalue weighted by Crippen LogP contribution is 2.25. The molecular weight excluding hydrogens is 312 g/mol. The molecule has 0 aliphatic carbocycles. The highest BCUT2D eigenvalue weighted by atomic mass is 79.9. The van der Waals surface area contributed by atoms with Gasteiger partial charge in [0.2, 0.25) is 0 Å². The van der Waals surface area contributed by atoms with E-state index in [1.807, 2.05) is 12.1 Å². The summed E-state index contributed by atoms with van der Waals surface area (Å²) in [5.74, 6) is 0.618. The fourth-order valence-corrected chi connectivity index (χ4v) is 3.33. The van der Waals surface area contributed by atoms with Crippen LogP contribution in [0.15, 0.2) is 22.7 Å². The Morgan fingerprint density at radius 3 is 2.94 bits per heavy atom. The topological polar surface area (TPSA) is 29.3 Å². The van der Waals surface area contributed by atoms with Crippen molar-refractivity contribution < 1.29 is 0 Å². The quantitative estimate of drug-likeness (QED) is 0.916. The lowest BCUT2D eigenvalue weighted by molar-refractivity contribution is 0.145. The Hall–Kier alpha value is -0.0900. The lowest BCUT2D eigenvalue weighted by Crippen LogP contribution is -2.46. The predicted molar refractivity (Wildman–Crippen MR) is 80.8 cm³/mol. The van der Waals surface area contributed by atoms with Crippen LogP contribution in [0.25, 0.3) is 0 Å². The molecular formula is C14H20BrClN2. The molecule has 1 saturated heterocycles. The third-order valence-electron chi connectivity index (χ3n) is 3.81. The third kappa shape index (κ3) is 3.47. The van der Waals surface area contributed by atoms with Crippen LogP contribution < -0.4 is 5.73 Å². The largest absolute Gasteiger partial charge is 0.327 e. The van der Waals surface area contributed by atoms with Crippen molar-refractivity contribution in [1.29, 1.82) is 0 Å². The van der Waals surface area contributed by atoms with Crippen molar-refractivity contribution in [1.82, 2.24) is 4.90 Å². The van der Waals surface area contributed by atoms with Gasteiger partial charge in [-0.05, 0) is 36.6 Å². The number of rotatable bonds is 3. The number of hydrogen-bond donors (Lipinski definition) is 1. The number of likely N-dealkylation sites (tertiary alicyclic amines) is 1. The minimum atomic E-state index is 0.367. The van der Waals surface area contributed by atoms with Crippen LogP contribution >= 0.6 is 27.5 Å². The SMILES string of the molecule is CCC1CN(Cc2ccc(Br)cc2Cl)CCC1N. The number of nitrogens with two attached hydrogens (primary N) is 1. The van der Waals surface area contributed by atoms with Gasteiger partial charge in [-0.1, -0.05) is 46.9 Å². The van der Waals surface area contributed by atoms with E-state index in [2.05, 4.69) is 33.8 Å². The average Bonchev–Trinajstić information content (AvgIpc) is 2.35. The lowest BCUT2D eigenvalue weighted by Gasteiger charge is -2.36. The maximum atomic E-state index is 6.27. The lowest BCUT2D eigenvalue weighted by atomic mass is 9.90. The number of benzene rings is 1. The Morgan fingerprint density at radius 2 is 2.28 bits per heavy atom. The van der Waals surface area contributed by atoms with Gasteiger partial charge in [-0.25, -0.2) is 0 Å². The molecule has 1 fully saturated rings. The highest BCUT2D eigenvalue weighted by Gasteiger charge is 2.25. The van der Waals surface area contributed by atoms with Crippen molar-refractivity contribution in [3.8, 4) is 0 Å². The van der Waals surface area contributed by atoms with Gasteiger partial charge in [0, 0.05) is 28.6 Å². The Morgan fingerprint density at radius 1 is 1.50 bits per heavy atom. The first-order chi connectivity index (χ1) is 8.60. The Kier molecular flexibility index (Phi) is 5.07. The first kappa shape index (κ1) is 14.3. The minimum absolute atomic E-state index is 0.367. The van der Waals surface area contributed by atoms with Gasteiger partial charge in [-0.2, -0.15) is 0 Å². The van der Waals surface area contributed by atoms with Gasteiger partial charge in [0.1, 0.15) is 0 Å².